The van der Waals surface area contributed by atoms with Crippen LogP contribution in [0.2, 0.25) is 0 Å². The van der Waals surface area contributed by atoms with Gasteiger partial charge in [-0.1, -0.05) is 0 Å². The Morgan fingerprint density at radius 3 is 1.86 bits per heavy atom. The first-order valence-corrected chi connectivity index (χ1v) is 6.47. The summed E-state index contributed by atoms with van der Waals surface area (Å²) < 4.78 is 24.3. The second kappa shape index (κ2) is 5.86. The maximum absolute atomic E-state index is 12.2. The predicted molar refractivity (Wildman–Crippen MR) is 58.4 cm³/mol. The highest BCUT2D eigenvalue weighted by atomic mass is 31.2. The van der Waals surface area contributed by atoms with E-state index in [1.165, 1.54) is 7.11 Å². The standard InChI is InChI=1S/C9H22NO3P/c1-7-13-14(11,12-6)10(8(2)3)9(4)5/h8-9H,7H2,1-6H3. The molecule has 0 aromatic rings. The van der Waals surface area contributed by atoms with E-state index >= 15 is 0 Å². The molecule has 0 aliphatic carbocycles. The van der Waals surface area contributed by atoms with Crippen molar-refractivity contribution in [1.82, 2.24) is 4.67 Å². The van der Waals surface area contributed by atoms with Crippen molar-refractivity contribution < 1.29 is 13.6 Å². The van der Waals surface area contributed by atoms with Gasteiger partial charge in [-0.15, -0.1) is 0 Å². The zero-order valence-electron chi connectivity index (χ0n) is 9.98. The fraction of sp³-hybridized carbons (Fsp3) is 1.00. The molecule has 14 heavy (non-hydrogen) atoms. The van der Waals surface area contributed by atoms with Crippen molar-refractivity contribution >= 4 is 7.75 Å². The molecule has 0 saturated heterocycles. The summed E-state index contributed by atoms with van der Waals surface area (Å²) in [7, 11) is -1.66. The molecule has 1 atom stereocenters. The molecule has 5 heteroatoms. The average Bonchev–Trinajstić information content (AvgIpc) is 2.03. The summed E-state index contributed by atoms with van der Waals surface area (Å²) in [6, 6.07) is 0.264. The van der Waals surface area contributed by atoms with Gasteiger partial charge in [-0.3, -0.25) is 9.05 Å². The molecule has 0 spiro atoms. The highest BCUT2D eigenvalue weighted by Crippen LogP contribution is 2.53. The lowest BCUT2D eigenvalue weighted by molar-refractivity contribution is 0.154. The number of nitrogens with zero attached hydrogens (tertiary/aromatic N) is 1. The summed E-state index contributed by atoms with van der Waals surface area (Å²) in [6.07, 6.45) is 0. The second-order valence-electron chi connectivity index (χ2n) is 3.64. The molecule has 0 rings (SSSR count). The molecule has 0 N–H and O–H groups in total. The highest BCUT2D eigenvalue weighted by Gasteiger charge is 2.35. The van der Waals surface area contributed by atoms with Crippen LogP contribution in [-0.4, -0.2) is 30.5 Å². The molecule has 0 aromatic carbocycles. The van der Waals surface area contributed by atoms with Crippen LogP contribution in [0.15, 0.2) is 0 Å². The first-order chi connectivity index (χ1) is 6.39. The lowest BCUT2D eigenvalue weighted by Gasteiger charge is -2.34. The maximum atomic E-state index is 12.2. The van der Waals surface area contributed by atoms with E-state index in [1.54, 1.807) is 4.67 Å². The first kappa shape index (κ1) is 14.1. The Balaban J connectivity index is 4.84. The van der Waals surface area contributed by atoms with Gasteiger partial charge in [0.25, 0.3) is 0 Å². The fourth-order valence-electron chi connectivity index (χ4n) is 1.54. The van der Waals surface area contributed by atoms with E-state index in [-0.39, 0.29) is 12.1 Å². The molecule has 4 nitrogen and oxygen atoms in total. The Bertz CT molecular complexity index is 198. The SMILES string of the molecule is CCOP(=O)(OC)N(C(C)C)C(C)C. The van der Waals surface area contributed by atoms with Crippen molar-refractivity contribution in [2.24, 2.45) is 0 Å². The third-order valence-corrected chi connectivity index (χ3v) is 4.40. The smallest absolute Gasteiger partial charge is 0.300 e. The van der Waals surface area contributed by atoms with Crippen LogP contribution < -0.4 is 0 Å². The topological polar surface area (TPSA) is 38.8 Å². The van der Waals surface area contributed by atoms with Crippen molar-refractivity contribution in [2.45, 2.75) is 46.7 Å². The van der Waals surface area contributed by atoms with E-state index in [9.17, 15) is 4.57 Å². The highest BCUT2D eigenvalue weighted by molar-refractivity contribution is 7.51. The van der Waals surface area contributed by atoms with E-state index in [2.05, 4.69) is 0 Å². The molecule has 0 radical (unpaired) electrons. The summed E-state index contributed by atoms with van der Waals surface area (Å²) >= 11 is 0. The summed E-state index contributed by atoms with van der Waals surface area (Å²) in [5, 5.41) is 0. The van der Waals surface area contributed by atoms with Crippen LogP contribution in [0.1, 0.15) is 34.6 Å². The van der Waals surface area contributed by atoms with Gasteiger partial charge in [-0.25, -0.2) is 9.24 Å². The van der Waals surface area contributed by atoms with Gasteiger partial charge in [0, 0.05) is 19.2 Å². The number of hydrogen-bond donors (Lipinski definition) is 0. The average molecular weight is 223 g/mol. The monoisotopic (exact) mass is 223 g/mol. The molecule has 0 aliphatic rings. The van der Waals surface area contributed by atoms with E-state index in [4.69, 9.17) is 9.05 Å². The van der Waals surface area contributed by atoms with E-state index in [0.717, 1.165) is 0 Å². The molecular weight excluding hydrogens is 201 g/mol. The lowest BCUT2D eigenvalue weighted by atomic mass is 10.3. The molecule has 1 unspecified atom stereocenters. The molecule has 0 heterocycles. The van der Waals surface area contributed by atoms with Crippen LogP contribution in [0.4, 0.5) is 0 Å². The van der Waals surface area contributed by atoms with Crippen LogP contribution in [0.3, 0.4) is 0 Å². The first-order valence-electron chi connectivity index (χ1n) is 4.98. The third-order valence-electron chi connectivity index (χ3n) is 1.86. The van der Waals surface area contributed by atoms with Crippen LogP contribution in [-0.2, 0) is 13.6 Å². The quantitative estimate of drug-likeness (QED) is 0.649. The van der Waals surface area contributed by atoms with E-state index < -0.39 is 7.75 Å². The zero-order chi connectivity index (χ0) is 11.4. The molecule has 0 amide bonds. The van der Waals surface area contributed by atoms with Gasteiger partial charge in [0.15, 0.2) is 0 Å². The van der Waals surface area contributed by atoms with Crippen LogP contribution in [0, 0.1) is 0 Å². The molecule has 0 bridgehead atoms. The molecule has 0 aliphatic heterocycles. The van der Waals surface area contributed by atoms with Crippen molar-refractivity contribution in [3.63, 3.8) is 0 Å². The fourth-order valence-corrected chi connectivity index (χ4v) is 3.42. The van der Waals surface area contributed by atoms with Gasteiger partial charge >= 0.3 is 7.75 Å². The zero-order valence-corrected chi connectivity index (χ0v) is 10.9. The predicted octanol–water partition coefficient (Wildman–Crippen LogP) is 2.90. The van der Waals surface area contributed by atoms with Crippen molar-refractivity contribution in [2.75, 3.05) is 13.7 Å². The van der Waals surface area contributed by atoms with Crippen LogP contribution >= 0.6 is 7.75 Å². The Morgan fingerprint density at radius 1 is 1.21 bits per heavy atom. The Kier molecular flexibility index (Phi) is 5.91. The van der Waals surface area contributed by atoms with E-state index in [0.29, 0.717) is 6.61 Å². The summed E-state index contributed by atoms with van der Waals surface area (Å²) in [5.74, 6) is 0. The van der Waals surface area contributed by atoms with Gasteiger partial charge in [-0.05, 0) is 34.6 Å². The van der Waals surface area contributed by atoms with Crippen LogP contribution in [0.25, 0.3) is 0 Å². The Hall–Kier alpha value is 0.110. The summed E-state index contributed by atoms with van der Waals surface area (Å²) in [4.78, 5) is 0. The van der Waals surface area contributed by atoms with Gasteiger partial charge in [-0.2, -0.15) is 0 Å². The molecule has 0 saturated carbocycles. The Morgan fingerprint density at radius 2 is 1.64 bits per heavy atom. The van der Waals surface area contributed by atoms with Gasteiger partial charge in [0.1, 0.15) is 0 Å². The minimum absolute atomic E-state index is 0.132. The number of hydrogen-bond acceptors (Lipinski definition) is 3. The van der Waals surface area contributed by atoms with Crippen molar-refractivity contribution in [1.29, 1.82) is 0 Å². The lowest BCUT2D eigenvalue weighted by Crippen LogP contribution is -2.35. The van der Waals surface area contributed by atoms with Crippen molar-refractivity contribution in [3.05, 3.63) is 0 Å². The number of rotatable bonds is 6. The minimum Gasteiger partial charge on any atom is -0.300 e. The normalized spacial score (nSPS) is 16.6. The third kappa shape index (κ3) is 3.35. The molecule has 0 fully saturated rings. The van der Waals surface area contributed by atoms with Gasteiger partial charge in [0.2, 0.25) is 0 Å². The molecular formula is C9H22NO3P. The van der Waals surface area contributed by atoms with Gasteiger partial charge < -0.3 is 0 Å². The van der Waals surface area contributed by atoms with E-state index in [1.807, 2.05) is 34.6 Å². The van der Waals surface area contributed by atoms with Crippen molar-refractivity contribution in [3.8, 4) is 0 Å². The van der Waals surface area contributed by atoms with Crippen LogP contribution in [0.5, 0.6) is 0 Å². The summed E-state index contributed by atoms with van der Waals surface area (Å²) in [5.41, 5.74) is 0. The maximum Gasteiger partial charge on any atom is 0.408 e. The van der Waals surface area contributed by atoms with Gasteiger partial charge in [0.05, 0.1) is 6.61 Å². The molecule has 86 valence electrons. The molecule has 0 aromatic heterocycles. The second-order valence-corrected chi connectivity index (χ2v) is 5.66. The largest absolute Gasteiger partial charge is 0.408 e. The summed E-state index contributed by atoms with van der Waals surface area (Å²) in [6.45, 7) is 10.1. The Labute approximate surface area is 87.2 Å². The minimum atomic E-state index is -3.09.